The molecule has 0 N–H and O–H groups in total. The minimum absolute atomic E-state index is 0.464. The van der Waals surface area contributed by atoms with E-state index in [1.54, 1.807) is 0 Å². The molecule has 3 heteroatoms. The zero-order valence-electron chi connectivity index (χ0n) is 13.0. The van der Waals surface area contributed by atoms with Crippen molar-refractivity contribution < 1.29 is 0 Å². The fourth-order valence-electron chi connectivity index (χ4n) is 3.73. The third-order valence-electron chi connectivity index (χ3n) is 4.94. The molecule has 22 heavy (non-hydrogen) atoms. The first-order chi connectivity index (χ1) is 10.9. The van der Waals surface area contributed by atoms with Crippen LogP contribution in [0, 0.1) is 0 Å². The number of benzene rings is 1. The molecule has 1 aliphatic heterocycles. The molecule has 0 bridgehead atoms. The standard InChI is InChI=1S/C19H23N3/c1-3-9-18-15(7-1)13-16(14-20-18)17-8-2-4-10-19(17)21-22-11-5-6-12-22/h1,3,7,9,13-14,17H,2,4-6,8,10-12H2. The largest absolute Gasteiger partial charge is 0.297 e. The van der Waals surface area contributed by atoms with Gasteiger partial charge in [0.1, 0.15) is 0 Å². The van der Waals surface area contributed by atoms with Crippen molar-refractivity contribution in [2.45, 2.75) is 44.4 Å². The normalized spacial score (nSPS) is 24.3. The van der Waals surface area contributed by atoms with Crippen LogP contribution in [0.15, 0.2) is 41.6 Å². The van der Waals surface area contributed by atoms with Crippen molar-refractivity contribution in [1.29, 1.82) is 0 Å². The van der Waals surface area contributed by atoms with Crippen LogP contribution in [0.4, 0.5) is 0 Å². The molecule has 0 spiro atoms. The molecule has 0 amide bonds. The maximum Gasteiger partial charge on any atom is 0.0702 e. The van der Waals surface area contributed by atoms with Gasteiger partial charge >= 0.3 is 0 Å². The van der Waals surface area contributed by atoms with Crippen molar-refractivity contribution in [2.75, 3.05) is 13.1 Å². The number of nitrogens with zero attached hydrogens (tertiary/aromatic N) is 3. The zero-order valence-corrected chi connectivity index (χ0v) is 13.0. The summed E-state index contributed by atoms with van der Waals surface area (Å²) in [5.41, 5.74) is 3.81. The maximum atomic E-state index is 5.00. The Kier molecular flexibility index (Phi) is 3.79. The molecule has 1 unspecified atom stereocenters. The lowest BCUT2D eigenvalue weighted by Gasteiger charge is -2.26. The number of hydrogen-bond acceptors (Lipinski definition) is 3. The molecule has 114 valence electrons. The van der Waals surface area contributed by atoms with Crippen LogP contribution in [-0.4, -0.2) is 28.8 Å². The molecule has 1 aromatic heterocycles. The first-order valence-electron chi connectivity index (χ1n) is 8.57. The van der Waals surface area contributed by atoms with Crippen molar-refractivity contribution in [2.24, 2.45) is 5.10 Å². The second-order valence-corrected chi connectivity index (χ2v) is 6.51. The fourth-order valence-corrected chi connectivity index (χ4v) is 3.73. The topological polar surface area (TPSA) is 28.5 Å². The summed E-state index contributed by atoms with van der Waals surface area (Å²) in [7, 11) is 0. The summed E-state index contributed by atoms with van der Waals surface area (Å²) in [6, 6.07) is 10.7. The lowest BCUT2D eigenvalue weighted by atomic mass is 9.82. The number of pyridine rings is 1. The maximum absolute atomic E-state index is 5.00. The van der Waals surface area contributed by atoms with Crippen LogP contribution in [-0.2, 0) is 0 Å². The first-order valence-corrected chi connectivity index (χ1v) is 8.57. The Morgan fingerprint density at radius 1 is 1.05 bits per heavy atom. The van der Waals surface area contributed by atoms with Gasteiger partial charge in [0.2, 0.25) is 0 Å². The third-order valence-corrected chi connectivity index (χ3v) is 4.94. The van der Waals surface area contributed by atoms with Crippen molar-refractivity contribution in [1.82, 2.24) is 9.99 Å². The number of para-hydroxylation sites is 1. The van der Waals surface area contributed by atoms with Gasteiger partial charge in [-0.05, 0) is 49.8 Å². The number of hydrogen-bond donors (Lipinski definition) is 0. The number of fused-ring (bicyclic) bond motifs is 1. The number of rotatable bonds is 2. The van der Waals surface area contributed by atoms with Gasteiger partial charge in [-0.3, -0.25) is 9.99 Å². The summed E-state index contributed by atoms with van der Waals surface area (Å²) < 4.78 is 0. The van der Waals surface area contributed by atoms with Crippen LogP contribution in [0.5, 0.6) is 0 Å². The third kappa shape index (κ3) is 2.72. The van der Waals surface area contributed by atoms with E-state index in [0.29, 0.717) is 5.92 Å². The van der Waals surface area contributed by atoms with Crippen LogP contribution in [0.1, 0.15) is 50.0 Å². The summed E-state index contributed by atoms with van der Waals surface area (Å²) in [6.45, 7) is 2.26. The van der Waals surface area contributed by atoms with E-state index in [9.17, 15) is 0 Å². The van der Waals surface area contributed by atoms with Crippen molar-refractivity contribution in [3.05, 3.63) is 42.1 Å². The van der Waals surface area contributed by atoms with E-state index in [2.05, 4.69) is 46.5 Å². The molecular formula is C19H23N3. The average Bonchev–Trinajstić information content (AvgIpc) is 3.08. The van der Waals surface area contributed by atoms with Gasteiger partial charge in [-0.2, -0.15) is 5.10 Å². The number of hydrazone groups is 1. The van der Waals surface area contributed by atoms with E-state index in [0.717, 1.165) is 25.0 Å². The molecule has 1 aromatic carbocycles. The minimum atomic E-state index is 0.464. The summed E-state index contributed by atoms with van der Waals surface area (Å²) in [4.78, 5) is 4.65. The Hall–Kier alpha value is -1.90. The molecule has 2 fully saturated rings. The van der Waals surface area contributed by atoms with Crippen molar-refractivity contribution in [3.8, 4) is 0 Å². The van der Waals surface area contributed by atoms with Gasteiger partial charge in [-0.15, -0.1) is 0 Å². The van der Waals surface area contributed by atoms with Gasteiger partial charge in [-0.1, -0.05) is 24.6 Å². The molecule has 1 saturated heterocycles. The van der Waals surface area contributed by atoms with Crippen LogP contribution >= 0.6 is 0 Å². The first kappa shape index (κ1) is 13.7. The van der Waals surface area contributed by atoms with Gasteiger partial charge in [0, 0.05) is 36.3 Å². The van der Waals surface area contributed by atoms with Crippen molar-refractivity contribution >= 4 is 16.6 Å². The van der Waals surface area contributed by atoms with E-state index in [1.807, 2.05) is 0 Å². The van der Waals surface area contributed by atoms with Gasteiger partial charge in [-0.25, -0.2) is 0 Å². The van der Waals surface area contributed by atoms with Crippen LogP contribution in [0.3, 0.4) is 0 Å². The lowest BCUT2D eigenvalue weighted by Crippen LogP contribution is -2.23. The molecule has 4 rings (SSSR count). The van der Waals surface area contributed by atoms with E-state index in [-0.39, 0.29) is 0 Å². The summed E-state index contributed by atoms with van der Waals surface area (Å²) in [5.74, 6) is 0.464. The Bertz CT molecular complexity index is 686. The van der Waals surface area contributed by atoms with Crippen LogP contribution in [0.2, 0.25) is 0 Å². The average molecular weight is 293 g/mol. The second kappa shape index (κ2) is 6.07. The van der Waals surface area contributed by atoms with E-state index < -0.39 is 0 Å². The Morgan fingerprint density at radius 3 is 2.82 bits per heavy atom. The molecule has 3 nitrogen and oxygen atoms in total. The minimum Gasteiger partial charge on any atom is -0.297 e. The predicted molar refractivity (Wildman–Crippen MR) is 91.2 cm³/mol. The molecular weight excluding hydrogens is 270 g/mol. The molecule has 1 aliphatic carbocycles. The van der Waals surface area contributed by atoms with E-state index in [4.69, 9.17) is 5.10 Å². The summed E-state index contributed by atoms with van der Waals surface area (Å²) in [5, 5.41) is 8.52. The van der Waals surface area contributed by atoms with Gasteiger partial charge in [0.25, 0.3) is 0 Å². The highest BCUT2D eigenvalue weighted by Gasteiger charge is 2.24. The highest BCUT2D eigenvalue weighted by Crippen LogP contribution is 2.32. The van der Waals surface area contributed by atoms with Crippen molar-refractivity contribution in [3.63, 3.8) is 0 Å². The van der Waals surface area contributed by atoms with Gasteiger partial charge in [0.05, 0.1) is 5.52 Å². The number of aromatic nitrogens is 1. The molecule has 2 aliphatic rings. The molecule has 0 radical (unpaired) electrons. The smallest absolute Gasteiger partial charge is 0.0702 e. The van der Waals surface area contributed by atoms with Gasteiger partial charge < -0.3 is 0 Å². The Balaban J connectivity index is 1.67. The molecule has 1 saturated carbocycles. The zero-order chi connectivity index (χ0) is 14.8. The highest BCUT2D eigenvalue weighted by molar-refractivity contribution is 5.92. The van der Waals surface area contributed by atoms with E-state index >= 15 is 0 Å². The second-order valence-electron chi connectivity index (χ2n) is 6.51. The quantitative estimate of drug-likeness (QED) is 0.824. The fraction of sp³-hybridized carbons (Fsp3) is 0.474. The summed E-state index contributed by atoms with van der Waals surface area (Å²) >= 11 is 0. The molecule has 1 atom stereocenters. The monoisotopic (exact) mass is 293 g/mol. The van der Waals surface area contributed by atoms with Crippen LogP contribution in [0.25, 0.3) is 10.9 Å². The Labute approximate surface area is 132 Å². The highest BCUT2D eigenvalue weighted by atomic mass is 15.5. The van der Waals surface area contributed by atoms with Gasteiger partial charge in [0.15, 0.2) is 0 Å². The molecule has 2 aromatic rings. The predicted octanol–water partition coefficient (Wildman–Crippen LogP) is 4.34. The summed E-state index contributed by atoms with van der Waals surface area (Å²) in [6.07, 6.45) is 9.59. The molecule has 2 heterocycles. The Morgan fingerprint density at radius 2 is 1.91 bits per heavy atom. The SMILES string of the molecule is c1ccc2ncc(C3CCCCC3=NN3CCCC3)cc2c1. The van der Waals surface area contributed by atoms with Crippen LogP contribution < -0.4 is 0 Å². The van der Waals surface area contributed by atoms with E-state index in [1.165, 1.54) is 48.8 Å². The lowest BCUT2D eigenvalue weighted by molar-refractivity contribution is 0.354.